The lowest BCUT2D eigenvalue weighted by molar-refractivity contribution is -0.122. The number of carbonyl (C=O) groups excluding carboxylic acids is 1. The molecule has 5 nitrogen and oxygen atoms in total. The highest BCUT2D eigenvalue weighted by molar-refractivity contribution is 5.97. The zero-order valence-electron chi connectivity index (χ0n) is 19.3. The monoisotopic (exact) mass is 432 g/mol. The topological polar surface area (TPSA) is 59.4 Å². The van der Waals surface area contributed by atoms with Crippen LogP contribution in [0.1, 0.15) is 51.0 Å². The van der Waals surface area contributed by atoms with E-state index >= 15 is 0 Å². The molecule has 1 unspecified atom stereocenters. The summed E-state index contributed by atoms with van der Waals surface area (Å²) in [4.78, 5) is 17.6. The van der Waals surface area contributed by atoms with Gasteiger partial charge in [-0.15, -0.1) is 0 Å². The van der Waals surface area contributed by atoms with Crippen molar-refractivity contribution >= 4 is 5.91 Å². The highest BCUT2D eigenvalue weighted by atomic mass is 16.1. The molecule has 0 spiro atoms. The molecule has 1 aromatic rings. The standard InChI is InChI=1S/C27H36N4O/c1-20(27-14-22-11-23(15-27)13-24(12-22)16-27)29-26(32)25(17-28)19-31-9-7-30(8-10-31)18-21-5-3-2-4-6-21/h2-6,19-20,22-24H,7-16,18H2,1H3,(H,29,32)/b25-19-. The van der Waals surface area contributed by atoms with Crippen molar-refractivity contribution in [3.05, 3.63) is 47.7 Å². The third-order valence-electron chi connectivity index (χ3n) is 8.68. The fourth-order valence-corrected chi connectivity index (χ4v) is 7.35. The van der Waals surface area contributed by atoms with Gasteiger partial charge in [0.15, 0.2) is 0 Å². The molecule has 1 atom stereocenters. The third kappa shape index (κ3) is 4.43. The lowest BCUT2D eigenvalue weighted by Gasteiger charge is -2.59. The predicted octanol–water partition coefficient (Wildman–Crippen LogP) is 3.93. The molecule has 4 aliphatic carbocycles. The molecule has 5 aliphatic rings. The van der Waals surface area contributed by atoms with Gasteiger partial charge < -0.3 is 10.2 Å². The third-order valence-corrected chi connectivity index (χ3v) is 8.68. The quantitative estimate of drug-likeness (QED) is 0.547. The molecule has 6 rings (SSSR count). The summed E-state index contributed by atoms with van der Waals surface area (Å²) in [7, 11) is 0. The van der Waals surface area contributed by atoms with Gasteiger partial charge in [0, 0.05) is 45.0 Å². The Morgan fingerprint density at radius 2 is 1.69 bits per heavy atom. The van der Waals surface area contributed by atoms with Gasteiger partial charge in [-0.2, -0.15) is 5.26 Å². The number of hydrogen-bond acceptors (Lipinski definition) is 4. The van der Waals surface area contributed by atoms with E-state index < -0.39 is 0 Å². The second-order valence-corrected chi connectivity index (χ2v) is 10.9. The number of nitrogens with one attached hydrogen (secondary N) is 1. The molecule has 1 heterocycles. The van der Waals surface area contributed by atoms with Gasteiger partial charge in [-0.25, -0.2) is 0 Å². The number of amides is 1. The molecule has 1 aliphatic heterocycles. The molecule has 1 amide bonds. The molecule has 170 valence electrons. The minimum absolute atomic E-state index is 0.142. The molecule has 0 aromatic heterocycles. The molecule has 4 saturated carbocycles. The van der Waals surface area contributed by atoms with Gasteiger partial charge in [0.25, 0.3) is 5.91 Å². The van der Waals surface area contributed by atoms with E-state index in [0.29, 0.717) is 0 Å². The first kappa shape index (κ1) is 21.5. The van der Waals surface area contributed by atoms with Crippen molar-refractivity contribution in [1.29, 1.82) is 5.26 Å². The van der Waals surface area contributed by atoms with E-state index in [1.54, 1.807) is 6.20 Å². The second kappa shape index (κ2) is 8.90. The van der Waals surface area contributed by atoms with Crippen LogP contribution in [0.4, 0.5) is 0 Å². The maximum atomic E-state index is 13.0. The zero-order valence-corrected chi connectivity index (χ0v) is 19.3. The fraction of sp³-hybridized carbons (Fsp3) is 0.630. The predicted molar refractivity (Wildman–Crippen MR) is 125 cm³/mol. The number of piperazine rings is 1. The number of nitriles is 1. The summed E-state index contributed by atoms with van der Waals surface area (Å²) < 4.78 is 0. The van der Waals surface area contributed by atoms with Gasteiger partial charge in [0.1, 0.15) is 11.6 Å². The van der Waals surface area contributed by atoms with E-state index in [-0.39, 0.29) is 22.9 Å². The summed E-state index contributed by atoms with van der Waals surface area (Å²) >= 11 is 0. The van der Waals surface area contributed by atoms with Crippen LogP contribution in [0.15, 0.2) is 42.1 Å². The average Bonchev–Trinajstić information content (AvgIpc) is 2.78. The first-order valence-electron chi connectivity index (χ1n) is 12.5. The van der Waals surface area contributed by atoms with Crippen LogP contribution in [0.2, 0.25) is 0 Å². The number of rotatable bonds is 6. The van der Waals surface area contributed by atoms with Crippen molar-refractivity contribution in [2.75, 3.05) is 26.2 Å². The van der Waals surface area contributed by atoms with Crippen molar-refractivity contribution in [3.8, 4) is 6.07 Å². The SMILES string of the molecule is CC(NC(=O)/C(C#N)=C\N1CCN(Cc2ccccc2)CC1)C12CC3CC(CC(C3)C1)C2. The normalized spacial score (nSPS) is 33.1. The fourth-order valence-electron chi connectivity index (χ4n) is 7.35. The number of carbonyl (C=O) groups is 1. The summed E-state index contributed by atoms with van der Waals surface area (Å²) in [6, 6.07) is 12.8. The Labute approximate surface area is 192 Å². The van der Waals surface area contributed by atoms with Gasteiger partial charge in [0.05, 0.1) is 0 Å². The number of nitrogens with zero attached hydrogens (tertiary/aromatic N) is 3. The highest BCUT2D eigenvalue weighted by Gasteiger charge is 2.53. The van der Waals surface area contributed by atoms with E-state index in [9.17, 15) is 10.1 Å². The minimum Gasteiger partial charge on any atom is -0.374 e. The first-order chi connectivity index (χ1) is 15.5. The van der Waals surface area contributed by atoms with Crippen molar-refractivity contribution in [3.63, 3.8) is 0 Å². The minimum atomic E-state index is -0.192. The summed E-state index contributed by atoms with van der Waals surface area (Å²) in [6.07, 6.45) is 9.78. The van der Waals surface area contributed by atoms with Crippen LogP contribution in [0.25, 0.3) is 0 Å². The van der Waals surface area contributed by atoms with Gasteiger partial charge in [-0.3, -0.25) is 9.69 Å². The molecule has 1 saturated heterocycles. The number of benzene rings is 1. The summed E-state index contributed by atoms with van der Waals surface area (Å²) in [5, 5.41) is 13.0. The van der Waals surface area contributed by atoms with Gasteiger partial charge >= 0.3 is 0 Å². The van der Waals surface area contributed by atoms with E-state index in [4.69, 9.17) is 0 Å². The number of hydrogen-bond donors (Lipinski definition) is 1. The van der Waals surface area contributed by atoms with Gasteiger partial charge in [-0.05, 0) is 74.2 Å². The Morgan fingerprint density at radius 3 is 2.25 bits per heavy atom. The van der Waals surface area contributed by atoms with E-state index in [0.717, 1.165) is 50.5 Å². The molecular weight excluding hydrogens is 396 g/mol. The smallest absolute Gasteiger partial charge is 0.263 e. The maximum absolute atomic E-state index is 13.0. The molecule has 1 N–H and O–H groups in total. The Bertz CT molecular complexity index is 859. The average molecular weight is 433 g/mol. The summed E-state index contributed by atoms with van der Waals surface area (Å²) in [5.41, 5.74) is 1.83. The molecule has 32 heavy (non-hydrogen) atoms. The van der Waals surface area contributed by atoms with Crippen molar-refractivity contribution in [1.82, 2.24) is 15.1 Å². The van der Waals surface area contributed by atoms with Crippen LogP contribution in [0.3, 0.4) is 0 Å². The largest absolute Gasteiger partial charge is 0.374 e. The van der Waals surface area contributed by atoms with Crippen molar-refractivity contribution in [2.45, 2.75) is 58.0 Å². The second-order valence-electron chi connectivity index (χ2n) is 10.9. The van der Waals surface area contributed by atoms with Crippen LogP contribution >= 0.6 is 0 Å². The molecule has 4 bridgehead atoms. The lowest BCUT2D eigenvalue weighted by Crippen LogP contribution is -2.56. The van der Waals surface area contributed by atoms with Crippen LogP contribution in [-0.4, -0.2) is 47.9 Å². The van der Waals surface area contributed by atoms with Gasteiger partial charge in [-0.1, -0.05) is 30.3 Å². The molecule has 5 fully saturated rings. The van der Waals surface area contributed by atoms with Gasteiger partial charge in [0.2, 0.25) is 0 Å². The molecule has 1 aromatic carbocycles. The Kier molecular flexibility index (Phi) is 5.99. The van der Waals surface area contributed by atoms with Crippen molar-refractivity contribution < 1.29 is 4.79 Å². The Hall–Kier alpha value is -2.32. The highest BCUT2D eigenvalue weighted by Crippen LogP contribution is 2.61. The van der Waals surface area contributed by atoms with Crippen LogP contribution in [0, 0.1) is 34.5 Å². The zero-order chi connectivity index (χ0) is 22.1. The molecule has 0 radical (unpaired) electrons. The summed E-state index contributed by atoms with van der Waals surface area (Å²) in [5.74, 6) is 2.39. The van der Waals surface area contributed by atoms with E-state index in [1.807, 2.05) is 6.07 Å². The first-order valence-corrected chi connectivity index (χ1v) is 12.5. The molecule has 5 heteroatoms. The van der Waals surface area contributed by atoms with E-state index in [2.05, 4.69) is 52.4 Å². The van der Waals surface area contributed by atoms with Crippen LogP contribution < -0.4 is 5.32 Å². The Balaban J connectivity index is 1.16. The van der Waals surface area contributed by atoms with Crippen molar-refractivity contribution in [2.24, 2.45) is 23.2 Å². The maximum Gasteiger partial charge on any atom is 0.263 e. The summed E-state index contributed by atoms with van der Waals surface area (Å²) in [6.45, 7) is 6.70. The lowest BCUT2D eigenvalue weighted by atomic mass is 9.48. The molecular formula is C27H36N4O. The van der Waals surface area contributed by atoms with Crippen LogP contribution in [-0.2, 0) is 11.3 Å². The van der Waals surface area contributed by atoms with Crippen LogP contribution in [0.5, 0.6) is 0 Å². The van der Waals surface area contributed by atoms with E-state index in [1.165, 1.54) is 44.1 Å². The Morgan fingerprint density at radius 1 is 1.09 bits per heavy atom.